The Bertz CT molecular complexity index is 624. The fourth-order valence-corrected chi connectivity index (χ4v) is 2.45. The van der Waals surface area contributed by atoms with Gasteiger partial charge < -0.3 is 0 Å². The Balaban J connectivity index is 2.68. The summed E-state index contributed by atoms with van der Waals surface area (Å²) in [5.41, 5.74) is -1.45. The predicted octanol–water partition coefficient (Wildman–Crippen LogP) is 4.65. The lowest BCUT2D eigenvalue weighted by Gasteiger charge is -2.12. The third-order valence-corrected chi connectivity index (χ3v) is 3.49. The molecule has 2 rings (SSSR count). The molecule has 0 radical (unpaired) electrons. The number of alkyl halides is 3. The van der Waals surface area contributed by atoms with E-state index >= 15 is 0 Å². The quantitative estimate of drug-likeness (QED) is 0.515. The maximum absolute atomic E-state index is 13.6. The first-order valence-corrected chi connectivity index (χ1v) is 6.06. The molecule has 0 aliphatic heterocycles. The van der Waals surface area contributed by atoms with Crippen molar-refractivity contribution >= 4 is 22.6 Å². The number of aromatic nitrogens is 1. The molecule has 0 saturated heterocycles. The molecule has 1 aromatic heterocycles. The Labute approximate surface area is 118 Å². The van der Waals surface area contributed by atoms with Crippen LogP contribution in [0.4, 0.5) is 22.0 Å². The van der Waals surface area contributed by atoms with Crippen LogP contribution in [0.15, 0.2) is 30.5 Å². The summed E-state index contributed by atoms with van der Waals surface area (Å²) in [4.78, 5) is 3.71. The predicted molar refractivity (Wildman–Crippen MR) is 67.3 cm³/mol. The Kier molecular flexibility index (Phi) is 3.75. The minimum atomic E-state index is -4.57. The number of pyridine rings is 1. The molecule has 2 aromatic rings. The second-order valence-corrected chi connectivity index (χ2v) is 4.70. The largest absolute Gasteiger partial charge is 0.417 e. The SMILES string of the molecule is Fc1cccc(-c2nccc(C(F)(F)F)c2I)c1F. The highest BCUT2D eigenvalue weighted by atomic mass is 127. The lowest BCUT2D eigenvalue weighted by molar-refractivity contribution is -0.138. The monoisotopic (exact) mass is 385 g/mol. The molecule has 0 unspecified atom stereocenters. The Hall–Kier alpha value is -1.25. The highest BCUT2D eigenvalue weighted by Gasteiger charge is 2.34. The smallest absolute Gasteiger partial charge is 0.255 e. The zero-order valence-corrected chi connectivity index (χ0v) is 11.3. The van der Waals surface area contributed by atoms with Crippen LogP contribution in [0.1, 0.15) is 5.56 Å². The van der Waals surface area contributed by atoms with E-state index in [9.17, 15) is 22.0 Å². The van der Waals surface area contributed by atoms with Crippen molar-refractivity contribution in [1.29, 1.82) is 0 Å². The summed E-state index contributed by atoms with van der Waals surface area (Å²) in [6.45, 7) is 0. The van der Waals surface area contributed by atoms with Gasteiger partial charge in [-0.25, -0.2) is 8.78 Å². The molecule has 0 bridgehead atoms. The van der Waals surface area contributed by atoms with Gasteiger partial charge in [-0.3, -0.25) is 4.98 Å². The summed E-state index contributed by atoms with van der Waals surface area (Å²) in [6.07, 6.45) is -3.65. The maximum Gasteiger partial charge on any atom is 0.417 e. The van der Waals surface area contributed by atoms with Crippen molar-refractivity contribution in [2.45, 2.75) is 6.18 Å². The second-order valence-electron chi connectivity index (χ2n) is 3.62. The molecule has 0 atom stereocenters. The molecule has 19 heavy (non-hydrogen) atoms. The van der Waals surface area contributed by atoms with E-state index in [-0.39, 0.29) is 14.8 Å². The highest BCUT2D eigenvalue weighted by molar-refractivity contribution is 14.1. The maximum atomic E-state index is 13.6. The summed E-state index contributed by atoms with van der Waals surface area (Å²) >= 11 is 1.43. The van der Waals surface area contributed by atoms with Gasteiger partial charge in [0.25, 0.3) is 0 Å². The number of benzene rings is 1. The molecule has 0 amide bonds. The van der Waals surface area contributed by atoms with E-state index in [1.807, 2.05) is 0 Å². The van der Waals surface area contributed by atoms with Crippen molar-refractivity contribution in [1.82, 2.24) is 4.98 Å². The van der Waals surface area contributed by atoms with Gasteiger partial charge >= 0.3 is 6.18 Å². The van der Waals surface area contributed by atoms with Gasteiger partial charge in [-0.15, -0.1) is 0 Å². The van der Waals surface area contributed by atoms with Gasteiger partial charge in [0.1, 0.15) is 0 Å². The summed E-state index contributed by atoms with van der Waals surface area (Å²) < 4.78 is 64.6. The van der Waals surface area contributed by atoms with Crippen LogP contribution < -0.4 is 0 Å². The van der Waals surface area contributed by atoms with Crippen LogP contribution in [0.3, 0.4) is 0 Å². The molecule has 0 aliphatic rings. The van der Waals surface area contributed by atoms with Crippen molar-refractivity contribution < 1.29 is 22.0 Å². The third-order valence-electron chi connectivity index (χ3n) is 2.40. The molecule has 1 aromatic carbocycles. The molecule has 100 valence electrons. The molecule has 0 spiro atoms. The molecule has 1 heterocycles. The minimum absolute atomic E-state index is 0.229. The first kappa shape index (κ1) is 14.2. The Morgan fingerprint density at radius 2 is 1.74 bits per heavy atom. The van der Waals surface area contributed by atoms with Crippen molar-refractivity contribution in [2.75, 3.05) is 0 Å². The lowest BCUT2D eigenvalue weighted by atomic mass is 10.1. The van der Waals surface area contributed by atoms with Gasteiger partial charge in [0.15, 0.2) is 11.6 Å². The molecule has 1 nitrogen and oxygen atoms in total. The van der Waals surface area contributed by atoms with Crippen LogP contribution in [0.25, 0.3) is 11.3 Å². The first-order chi connectivity index (χ1) is 8.82. The average molecular weight is 385 g/mol. The van der Waals surface area contributed by atoms with Gasteiger partial charge in [-0.05, 0) is 40.8 Å². The van der Waals surface area contributed by atoms with Gasteiger partial charge in [0.2, 0.25) is 0 Å². The average Bonchev–Trinajstić information content (AvgIpc) is 2.32. The first-order valence-electron chi connectivity index (χ1n) is 4.98. The fourth-order valence-electron chi connectivity index (χ4n) is 1.54. The number of hydrogen-bond donors (Lipinski definition) is 0. The number of rotatable bonds is 1. The number of nitrogens with zero attached hydrogens (tertiary/aromatic N) is 1. The lowest BCUT2D eigenvalue weighted by Crippen LogP contribution is -2.09. The van der Waals surface area contributed by atoms with E-state index in [1.165, 1.54) is 34.7 Å². The van der Waals surface area contributed by atoms with E-state index in [4.69, 9.17) is 0 Å². The minimum Gasteiger partial charge on any atom is -0.255 e. The molecule has 0 fully saturated rings. The van der Waals surface area contributed by atoms with Crippen LogP contribution in [-0.4, -0.2) is 4.98 Å². The van der Waals surface area contributed by atoms with Crippen molar-refractivity contribution in [2.24, 2.45) is 0 Å². The van der Waals surface area contributed by atoms with Crippen LogP contribution in [0, 0.1) is 15.2 Å². The second kappa shape index (κ2) is 5.03. The Morgan fingerprint density at radius 1 is 1.05 bits per heavy atom. The van der Waals surface area contributed by atoms with E-state index in [1.54, 1.807) is 0 Å². The summed E-state index contributed by atoms with van der Waals surface area (Å²) in [7, 11) is 0. The van der Waals surface area contributed by atoms with E-state index in [0.717, 1.165) is 18.3 Å². The van der Waals surface area contributed by atoms with Gasteiger partial charge in [0, 0.05) is 11.8 Å². The summed E-state index contributed by atoms with van der Waals surface area (Å²) in [5, 5.41) is 0. The Morgan fingerprint density at radius 3 is 2.37 bits per heavy atom. The van der Waals surface area contributed by atoms with Crippen molar-refractivity contribution in [3.05, 3.63) is 51.2 Å². The fraction of sp³-hybridized carbons (Fsp3) is 0.0833. The summed E-state index contributed by atoms with van der Waals surface area (Å²) in [5.74, 6) is -2.35. The highest BCUT2D eigenvalue weighted by Crippen LogP contribution is 2.37. The standard InChI is InChI=1S/C12H5F5IN/c13-8-3-1-2-6(9(8)14)11-10(18)7(4-5-19-11)12(15,16)17/h1-5H. The number of hydrogen-bond acceptors (Lipinski definition) is 1. The van der Waals surface area contributed by atoms with E-state index in [2.05, 4.69) is 4.98 Å². The van der Waals surface area contributed by atoms with Gasteiger partial charge in [-0.2, -0.15) is 13.2 Å². The molecular formula is C12H5F5IN. The van der Waals surface area contributed by atoms with Crippen molar-refractivity contribution in [3.8, 4) is 11.3 Å². The van der Waals surface area contributed by atoms with Crippen LogP contribution in [0.5, 0.6) is 0 Å². The normalized spacial score (nSPS) is 11.7. The van der Waals surface area contributed by atoms with Crippen LogP contribution in [0.2, 0.25) is 0 Å². The van der Waals surface area contributed by atoms with Gasteiger partial charge in [0.05, 0.1) is 14.8 Å². The van der Waals surface area contributed by atoms with Crippen LogP contribution >= 0.6 is 22.6 Å². The zero-order valence-electron chi connectivity index (χ0n) is 9.10. The molecule has 0 saturated carbocycles. The van der Waals surface area contributed by atoms with Gasteiger partial charge in [-0.1, -0.05) is 6.07 Å². The van der Waals surface area contributed by atoms with E-state index < -0.39 is 23.4 Å². The third kappa shape index (κ3) is 2.70. The number of halogens is 6. The van der Waals surface area contributed by atoms with E-state index in [0.29, 0.717) is 0 Å². The topological polar surface area (TPSA) is 12.9 Å². The molecule has 0 aliphatic carbocycles. The molecule has 0 N–H and O–H groups in total. The molecular weight excluding hydrogens is 380 g/mol. The zero-order chi connectivity index (χ0) is 14.2. The van der Waals surface area contributed by atoms with Crippen molar-refractivity contribution in [3.63, 3.8) is 0 Å². The molecule has 7 heteroatoms. The summed E-state index contributed by atoms with van der Waals surface area (Å²) in [6, 6.07) is 4.08. The van der Waals surface area contributed by atoms with Crippen LogP contribution in [-0.2, 0) is 6.18 Å².